The molecule has 0 radical (unpaired) electrons. The van der Waals surface area contributed by atoms with Crippen LogP contribution in [0.2, 0.25) is 0 Å². The zero-order valence-electron chi connectivity index (χ0n) is 10.6. The second-order valence-corrected chi connectivity index (χ2v) is 5.05. The second kappa shape index (κ2) is 6.81. The Balaban J connectivity index is 1.73. The maximum absolute atomic E-state index is 12.7. The molecule has 1 aromatic heterocycles. The van der Waals surface area contributed by atoms with E-state index in [2.05, 4.69) is 10.9 Å². The molecule has 2 rings (SSSR count). The average molecular weight is 292 g/mol. The van der Waals surface area contributed by atoms with Crippen LogP contribution in [-0.2, 0) is 11.2 Å². The molecule has 0 bridgehead atoms. The van der Waals surface area contributed by atoms with Crippen molar-refractivity contribution < 1.29 is 14.0 Å². The summed E-state index contributed by atoms with van der Waals surface area (Å²) in [6.07, 6.45) is 0.706. The van der Waals surface area contributed by atoms with Crippen LogP contribution in [0.15, 0.2) is 41.8 Å². The molecule has 1 heterocycles. The Hall–Kier alpha value is -2.21. The molecule has 1 aromatic carbocycles. The van der Waals surface area contributed by atoms with Crippen LogP contribution in [0.3, 0.4) is 0 Å². The maximum Gasteiger partial charge on any atom is 0.279 e. The number of rotatable bonds is 4. The minimum atomic E-state index is -0.338. The first-order valence-corrected chi connectivity index (χ1v) is 6.90. The molecule has 2 N–H and O–H groups in total. The fourth-order valence-electron chi connectivity index (χ4n) is 1.57. The van der Waals surface area contributed by atoms with Gasteiger partial charge in [0.25, 0.3) is 5.91 Å². The summed E-state index contributed by atoms with van der Waals surface area (Å²) in [4.78, 5) is 23.7. The highest BCUT2D eigenvalue weighted by atomic mass is 32.1. The van der Waals surface area contributed by atoms with Gasteiger partial charge in [0.15, 0.2) is 0 Å². The molecule has 0 fully saturated rings. The van der Waals surface area contributed by atoms with Crippen molar-refractivity contribution in [3.63, 3.8) is 0 Å². The summed E-state index contributed by atoms with van der Waals surface area (Å²) in [5.74, 6) is -0.934. The molecule has 104 valence electrons. The van der Waals surface area contributed by atoms with Gasteiger partial charge in [-0.15, -0.1) is 11.3 Å². The average Bonchev–Trinajstić information content (AvgIpc) is 2.98. The van der Waals surface area contributed by atoms with Gasteiger partial charge in [0, 0.05) is 6.42 Å². The molecule has 6 heteroatoms. The minimum Gasteiger partial charge on any atom is -0.273 e. The van der Waals surface area contributed by atoms with Crippen molar-refractivity contribution in [2.24, 2.45) is 0 Å². The third-order valence-electron chi connectivity index (χ3n) is 2.61. The van der Waals surface area contributed by atoms with Crippen molar-refractivity contribution in [1.82, 2.24) is 10.9 Å². The van der Waals surface area contributed by atoms with Gasteiger partial charge < -0.3 is 0 Å². The van der Waals surface area contributed by atoms with E-state index in [-0.39, 0.29) is 24.1 Å². The number of halogens is 1. The van der Waals surface area contributed by atoms with E-state index in [4.69, 9.17) is 0 Å². The smallest absolute Gasteiger partial charge is 0.273 e. The van der Waals surface area contributed by atoms with Crippen LogP contribution >= 0.6 is 11.3 Å². The van der Waals surface area contributed by atoms with Gasteiger partial charge in [-0.3, -0.25) is 20.4 Å². The summed E-state index contributed by atoms with van der Waals surface area (Å²) in [6, 6.07) is 9.40. The Labute approximate surface area is 119 Å². The monoisotopic (exact) mass is 292 g/mol. The van der Waals surface area contributed by atoms with E-state index >= 15 is 0 Å². The number of benzene rings is 1. The number of aryl methyl sites for hydroxylation is 1. The Morgan fingerprint density at radius 3 is 2.50 bits per heavy atom. The van der Waals surface area contributed by atoms with Crippen molar-refractivity contribution in [3.8, 4) is 0 Å². The van der Waals surface area contributed by atoms with Crippen LogP contribution < -0.4 is 10.9 Å². The predicted molar refractivity (Wildman–Crippen MR) is 74.6 cm³/mol. The lowest BCUT2D eigenvalue weighted by Crippen LogP contribution is -2.41. The molecule has 0 spiro atoms. The lowest BCUT2D eigenvalue weighted by Gasteiger charge is -2.06. The molecule has 0 unspecified atom stereocenters. The largest absolute Gasteiger partial charge is 0.279 e. The minimum absolute atomic E-state index is 0.219. The Morgan fingerprint density at radius 2 is 1.85 bits per heavy atom. The molecule has 0 aliphatic carbocycles. The van der Waals surface area contributed by atoms with Gasteiger partial charge in [-0.2, -0.15) is 0 Å². The Kier molecular flexibility index (Phi) is 4.84. The molecule has 2 aromatic rings. The molecular weight excluding hydrogens is 279 g/mol. The standard InChI is InChI=1S/C14H13FN2O2S/c15-11-6-3-10(4-7-11)5-8-13(18)16-17-14(19)12-2-1-9-20-12/h1-4,6-7,9H,5,8H2,(H,16,18)(H,17,19). The van der Waals surface area contributed by atoms with Gasteiger partial charge in [0.2, 0.25) is 5.91 Å². The quantitative estimate of drug-likeness (QED) is 0.849. The first-order valence-electron chi connectivity index (χ1n) is 6.02. The van der Waals surface area contributed by atoms with Crippen LogP contribution in [0.25, 0.3) is 0 Å². The highest BCUT2D eigenvalue weighted by Crippen LogP contribution is 2.07. The van der Waals surface area contributed by atoms with Crippen LogP contribution in [0.4, 0.5) is 4.39 Å². The number of carbonyl (C=O) groups excluding carboxylic acids is 2. The lowest BCUT2D eigenvalue weighted by atomic mass is 10.1. The molecule has 0 atom stereocenters. The highest BCUT2D eigenvalue weighted by molar-refractivity contribution is 7.12. The van der Waals surface area contributed by atoms with Crippen LogP contribution in [-0.4, -0.2) is 11.8 Å². The van der Waals surface area contributed by atoms with E-state index in [0.29, 0.717) is 11.3 Å². The van der Waals surface area contributed by atoms with Gasteiger partial charge in [-0.25, -0.2) is 4.39 Å². The van der Waals surface area contributed by atoms with E-state index in [9.17, 15) is 14.0 Å². The number of carbonyl (C=O) groups is 2. The third-order valence-corrected chi connectivity index (χ3v) is 3.48. The van der Waals surface area contributed by atoms with Crippen molar-refractivity contribution >= 4 is 23.2 Å². The molecule has 2 amide bonds. The van der Waals surface area contributed by atoms with Crippen LogP contribution in [0.1, 0.15) is 21.7 Å². The molecular formula is C14H13FN2O2S. The number of hydrogen-bond acceptors (Lipinski definition) is 3. The van der Waals surface area contributed by atoms with Gasteiger partial charge in [0.05, 0.1) is 4.88 Å². The first-order chi connectivity index (χ1) is 9.65. The number of amides is 2. The van der Waals surface area contributed by atoms with Crippen molar-refractivity contribution in [3.05, 3.63) is 58.0 Å². The summed E-state index contributed by atoms with van der Waals surface area (Å²) >= 11 is 1.30. The Bertz CT molecular complexity index is 582. The predicted octanol–water partition coefficient (Wildman–Crippen LogP) is 2.28. The molecule has 0 saturated heterocycles. The highest BCUT2D eigenvalue weighted by Gasteiger charge is 2.08. The zero-order valence-corrected chi connectivity index (χ0v) is 11.4. The number of hydrazine groups is 1. The number of thiophene rings is 1. The summed E-state index contributed by atoms with van der Waals surface area (Å²) in [5.41, 5.74) is 5.56. The summed E-state index contributed by atoms with van der Waals surface area (Å²) in [5, 5.41) is 1.78. The number of hydrogen-bond donors (Lipinski definition) is 2. The van der Waals surface area contributed by atoms with Gasteiger partial charge in [-0.05, 0) is 35.6 Å². The van der Waals surface area contributed by atoms with Crippen LogP contribution in [0, 0.1) is 5.82 Å². The summed E-state index contributed by atoms with van der Waals surface area (Å²) in [6.45, 7) is 0. The maximum atomic E-state index is 12.7. The Morgan fingerprint density at radius 1 is 1.10 bits per heavy atom. The SMILES string of the molecule is O=C(CCc1ccc(F)cc1)NNC(=O)c1cccs1. The normalized spacial score (nSPS) is 10.1. The molecule has 20 heavy (non-hydrogen) atoms. The molecule has 4 nitrogen and oxygen atoms in total. The summed E-state index contributed by atoms with van der Waals surface area (Å²) < 4.78 is 12.7. The van der Waals surface area contributed by atoms with E-state index < -0.39 is 0 Å². The molecule has 0 aliphatic heterocycles. The second-order valence-electron chi connectivity index (χ2n) is 4.11. The van der Waals surface area contributed by atoms with E-state index in [1.54, 1.807) is 29.6 Å². The van der Waals surface area contributed by atoms with Crippen molar-refractivity contribution in [1.29, 1.82) is 0 Å². The summed E-state index contributed by atoms with van der Waals surface area (Å²) in [7, 11) is 0. The zero-order chi connectivity index (χ0) is 14.4. The fourth-order valence-corrected chi connectivity index (χ4v) is 2.19. The topological polar surface area (TPSA) is 58.2 Å². The van der Waals surface area contributed by atoms with Crippen molar-refractivity contribution in [2.75, 3.05) is 0 Å². The van der Waals surface area contributed by atoms with E-state index in [0.717, 1.165) is 5.56 Å². The lowest BCUT2D eigenvalue weighted by molar-refractivity contribution is -0.121. The first kappa shape index (κ1) is 14.2. The van der Waals surface area contributed by atoms with Crippen molar-refractivity contribution in [2.45, 2.75) is 12.8 Å². The molecule has 0 saturated carbocycles. The van der Waals surface area contributed by atoms with Gasteiger partial charge in [-0.1, -0.05) is 18.2 Å². The van der Waals surface area contributed by atoms with E-state index in [1.807, 2.05) is 0 Å². The molecule has 0 aliphatic rings. The fraction of sp³-hybridized carbons (Fsp3) is 0.143. The van der Waals surface area contributed by atoms with Gasteiger partial charge >= 0.3 is 0 Å². The van der Waals surface area contributed by atoms with E-state index in [1.165, 1.54) is 23.5 Å². The number of nitrogens with one attached hydrogen (secondary N) is 2. The van der Waals surface area contributed by atoms with Crippen LogP contribution in [0.5, 0.6) is 0 Å². The third kappa shape index (κ3) is 4.17. The van der Waals surface area contributed by atoms with Gasteiger partial charge in [0.1, 0.15) is 5.82 Å².